The normalized spacial score (nSPS) is 7.56. The molecule has 1 heterocycles. The molecule has 0 atom stereocenters. The first kappa shape index (κ1) is 9.14. The maximum Gasteiger partial charge on any atom is 1.00 e. The maximum absolute atomic E-state index is 8.28. The molecule has 0 spiro atoms. The van der Waals surface area contributed by atoms with Gasteiger partial charge in [0.25, 0.3) is 0 Å². The van der Waals surface area contributed by atoms with Crippen LogP contribution in [0, 0.1) is 11.3 Å². The predicted octanol–water partition coefficient (Wildman–Crippen LogP) is -0.975. The van der Waals surface area contributed by atoms with Crippen LogP contribution in [0.25, 0.3) is 0 Å². The summed E-state index contributed by atoms with van der Waals surface area (Å²) in [5, 5.41) is 8.28. The van der Waals surface area contributed by atoms with Gasteiger partial charge in [-0.15, -0.1) is 24.0 Å². The molecule has 1 rings (SSSR count). The summed E-state index contributed by atoms with van der Waals surface area (Å²) in [5.74, 6) is 0. The van der Waals surface area contributed by atoms with Crippen molar-refractivity contribution in [3.8, 4) is 6.07 Å². The molecule has 0 aliphatic carbocycles. The van der Waals surface area contributed by atoms with E-state index in [1.165, 1.54) is 11.3 Å². The minimum atomic E-state index is 0. The fourth-order valence-electron chi connectivity index (χ4n) is 0.388. The van der Waals surface area contributed by atoms with Gasteiger partial charge >= 0.3 is 18.9 Å². The summed E-state index contributed by atoms with van der Waals surface area (Å²) in [6.45, 7) is 0. The van der Waals surface area contributed by atoms with E-state index in [2.05, 4.69) is 12.6 Å². The van der Waals surface area contributed by atoms with E-state index in [-0.39, 0.29) is 20.3 Å². The fraction of sp³-hybridized carbons (Fsp3) is 0. The van der Waals surface area contributed by atoms with Crippen molar-refractivity contribution in [2.45, 2.75) is 4.21 Å². The number of rotatable bonds is 0. The smallest absolute Gasteiger partial charge is 1.00 e. The Balaban J connectivity index is 0. The molecule has 9 heavy (non-hydrogen) atoms. The van der Waals surface area contributed by atoms with E-state index in [4.69, 9.17) is 5.26 Å². The van der Waals surface area contributed by atoms with Gasteiger partial charge in [-0.2, -0.15) is 5.26 Å². The Morgan fingerprint density at radius 1 is 1.67 bits per heavy atom. The van der Waals surface area contributed by atoms with Crippen LogP contribution in [0.15, 0.2) is 16.3 Å². The van der Waals surface area contributed by atoms with Crippen LogP contribution in [0.2, 0.25) is 0 Å². The topological polar surface area (TPSA) is 23.8 Å². The van der Waals surface area contributed by atoms with Crippen LogP contribution in [0.3, 0.4) is 0 Å². The van der Waals surface area contributed by atoms with Gasteiger partial charge in [0.2, 0.25) is 0 Å². The van der Waals surface area contributed by atoms with Crippen molar-refractivity contribution in [1.82, 2.24) is 0 Å². The number of nitriles is 1. The van der Waals surface area contributed by atoms with Crippen LogP contribution in [0.1, 0.15) is 6.30 Å². The summed E-state index contributed by atoms with van der Waals surface area (Å²) in [7, 11) is 0. The molecule has 0 aliphatic rings. The average Bonchev–Trinajstić information content (AvgIpc) is 2.14. The summed E-state index contributed by atoms with van der Waals surface area (Å²) in [5.41, 5.74) is 0. The third-order valence-corrected chi connectivity index (χ3v) is 1.92. The quantitative estimate of drug-likeness (QED) is 0.372. The van der Waals surface area contributed by atoms with Gasteiger partial charge in [-0.1, -0.05) is 0 Å². The largest absolute Gasteiger partial charge is 1.00 e. The first-order valence-corrected chi connectivity index (χ1v) is 3.28. The molecule has 0 amide bonds. The van der Waals surface area contributed by atoms with E-state index >= 15 is 0 Å². The Labute approximate surface area is 76.8 Å². The van der Waals surface area contributed by atoms with Gasteiger partial charge in [0.15, 0.2) is 0 Å². The van der Waals surface area contributed by atoms with E-state index in [0.717, 1.165) is 9.09 Å². The van der Waals surface area contributed by atoms with Crippen LogP contribution < -0.4 is 18.9 Å². The minimum absolute atomic E-state index is 0. The van der Waals surface area contributed by atoms with Crippen molar-refractivity contribution in [1.29, 1.82) is 5.26 Å². The Morgan fingerprint density at radius 3 is 2.56 bits per heavy atom. The number of thiol groups is 1. The summed E-state index contributed by atoms with van der Waals surface area (Å²) < 4.78 is 0.890. The third kappa shape index (κ3) is 2.47. The number of hydrogen-bond acceptors (Lipinski definition) is 3. The monoisotopic (exact) mass is 149 g/mol. The first-order chi connectivity index (χ1) is 3.83. The minimum Gasteiger partial charge on any atom is -1.00 e. The molecule has 1 aromatic rings. The van der Waals surface area contributed by atoms with Crippen molar-refractivity contribution in [2.24, 2.45) is 0 Å². The fourth-order valence-corrected chi connectivity index (χ4v) is 1.30. The Hall–Kier alpha value is 0.137. The molecule has 0 aliphatic heterocycles. The zero-order valence-corrected chi connectivity index (χ0v) is 6.67. The predicted molar refractivity (Wildman–Crippen MR) is 37.4 cm³/mol. The van der Waals surface area contributed by atoms with Crippen molar-refractivity contribution in [2.75, 3.05) is 0 Å². The van der Waals surface area contributed by atoms with Gasteiger partial charge < -0.3 is 1.43 Å². The summed E-state index contributed by atoms with van der Waals surface area (Å²) in [6.07, 6.45) is 0. The third-order valence-electron chi connectivity index (χ3n) is 0.702. The molecule has 0 fully saturated rings. The molecule has 0 aromatic carbocycles. The zero-order chi connectivity index (χ0) is 5.98. The van der Waals surface area contributed by atoms with E-state index < -0.39 is 0 Å². The van der Waals surface area contributed by atoms with Crippen LogP contribution in [-0.2, 0) is 0 Å². The van der Waals surface area contributed by atoms with Crippen molar-refractivity contribution in [3.63, 3.8) is 0 Å². The number of hydrogen-bond donors (Lipinski definition) is 1. The first-order valence-electron chi connectivity index (χ1n) is 2.02. The van der Waals surface area contributed by atoms with E-state index in [9.17, 15) is 0 Å². The molecular weight excluding hydrogens is 145 g/mol. The summed E-state index contributed by atoms with van der Waals surface area (Å²) in [4.78, 5) is 0.718. The second kappa shape index (κ2) is 4.03. The second-order valence-corrected chi connectivity index (χ2v) is 3.12. The van der Waals surface area contributed by atoms with Crippen molar-refractivity contribution in [3.05, 3.63) is 17.0 Å². The Morgan fingerprint density at radius 2 is 2.33 bits per heavy atom. The summed E-state index contributed by atoms with van der Waals surface area (Å²) >= 11 is 5.42. The van der Waals surface area contributed by atoms with Gasteiger partial charge in [0.1, 0.15) is 10.9 Å². The van der Waals surface area contributed by atoms with Crippen LogP contribution >= 0.6 is 24.0 Å². The average molecular weight is 149 g/mol. The van der Waals surface area contributed by atoms with Crippen LogP contribution in [0.5, 0.6) is 0 Å². The molecule has 1 nitrogen and oxygen atoms in total. The molecule has 1 aromatic heterocycles. The molecule has 0 unspecified atom stereocenters. The van der Waals surface area contributed by atoms with Crippen molar-refractivity contribution >= 4 is 24.0 Å². The van der Waals surface area contributed by atoms with E-state index in [1.807, 2.05) is 12.1 Å². The molecular formula is C5H4LiNS2. The molecule has 0 saturated carbocycles. The number of thiophene rings is 1. The zero-order valence-electron chi connectivity index (χ0n) is 5.96. The molecule has 0 N–H and O–H groups in total. The molecule has 4 heteroatoms. The Kier molecular flexibility index (Phi) is 4.10. The second-order valence-electron chi connectivity index (χ2n) is 1.25. The maximum atomic E-state index is 8.28. The van der Waals surface area contributed by atoms with Gasteiger partial charge in [-0.3, -0.25) is 0 Å². The van der Waals surface area contributed by atoms with Gasteiger partial charge in [-0.25, -0.2) is 0 Å². The van der Waals surface area contributed by atoms with Crippen molar-refractivity contribution < 1.29 is 20.3 Å². The van der Waals surface area contributed by atoms with E-state index in [0.29, 0.717) is 0 Å². The molecule has 42 valence electrons. The number of nitrogens with zero attached hydrogens (tertiary/aromatic N) is 1. The summed E-state index contributed by atoms with van der Waals surface area (Å²) in [6, 6.07) is 5.59. The van der Waals surface area contributed by atoms with Gasteiger partial charge in [0.05, 0.1) is 4.21 Å². The SMILES string of the molecule is N#Cc1ccc(S)s1.[H-].[Li+]. The molecule has 0 bridgehead atoms. The van der Waals surface area contributed by atoms with Gasteiger partial charge in [0, 0.05) is 0 Å². The van der Waals surface area contributed by atoms with E-state index in [1.54, 1.807) is 6.07 Å². The van der Waals surface area contributed by atoms with Gasteiger partial charge in [-0.05, 0) is 12.1 Å². The Bertz CT molecular complexity index is 230. The standard InChI is InChI=1S/C5H3NS2.Li.H/c6-3-4-1-2-5(7)8-4;;/h1-2,7H;;/q;+1;-1. The molecule has 0 saturated heterocycles. The van der Waals surface area contributed by atoms with Crippen LogP contribution in [0.4, 0.5) is 0 Å². The van der Waals surface area contributed by atoms with Crippen LogP contribution in [-0.4, -0.2) is 0 Å². The molecule has 0 radical (unpaired) electrons.